The van der Waals surface area contributed by atoms with Gasteiger partial charge in [-0.1, -0.05) is 48.5 Å². The highest BCUT2D eigenvalue weighted by Gasteiger charge is 2.21. The van der Waals surface area contributed by atoms with Crippen molar-refractivity contribution in [3.63, 3.8) is 0 Å². The van der Waals surface area contributed by atoms with E-state index in [4.69, 9.17) is 0 Å². The highest BCUT2D eigenvalue weighted by molar-refractivity contribution is 7.92. The Balaban J connectivity index is 1.81. The Hall–Kier alpha value is -2.07. The van der Waals surface area contributed by atoms with E-state index < -0.39 is 15.1 Å². The van der Waals surface area contributed by atoms with Crippen LogP contribution in [0.15, 0.2) is 65.6 Å². The molecule has 0 aliphatic carbocycles. The summed E-state index contributed by atoms with van der Waals surface area (Å²) in [4.78, 5) is 2.75. The van der Waals surface area contributed by atoms with Crippen molar-refractivity contribution in [1.29, 1.82) is 0 Å². The Morgan fingerprint density at radius 2 is 1.67 bits per heavy atom. The molecule has 0 unspecified atom stereocenters. The van der Waals surface area contributed by atoms with E-state index in [1.807, 2.05) is 18.2 Å². The molecule has 1 aliphatic heterocycles. The smallest absolute Gasteiger partial charge is 0.180 e. The van der Waals surface area contributed by atoms with Crippen molar-refractivity contribution >= 4 is 15.5 Å². The number of benzene rings is 2. The van der Waals surface area contributed by atoms with Gasteiger partial charge in [-0.2, -0.15) is 0 Å². The molecule has 3 rings (SSSR count). The molecule has 4 heteroatoms. The SMILES string of the molecule is CC(C)S(=O)(=O)c1ccc(C2=CCCN2Cc2ccccc2)cc1. The molecule has 0 radical (unpaired) electrons. The third-order valence-corrected chi connectivity index (χ3v) is 6.56. The molecule has 126 valence electrons. The van der Waals surface area contributed by atoms with Gasteiger partial charge in [0.05, 0.1) is 10.1 Å². The molecular formula is C20H23NO2S. The molecule has 0 saturated carbocycles. The lowest BCUT2D eigenvalue weighted by Crippen LogP contribution is -2.18. The number of rotatable bonds is 5. The van der Waals surface area contributed by atoms with Crippen LogP contribution in [0.25, 0.3) is 5.70 Å². The van der Waals surface area contributed by atoms with E-state index in [0.717, 1.165) is 25.1 Å². The minimum absolute atomic E-state index is 0.398. The lowest BCUT2D eigenvalue weighted by molar-refractivity contribution is 0.419. The molecule has 0 spiro atoms. The molecule has 24 heavy (non-hydrogen) atoms. The van der Waals surface area contributed by atoms with Gasteiger partial charge in [0, 0.05) is 18.8 Å². The lowest BCUT2D eigenvalue weighted by atomic mass is 10.1. The van der Waals surface area contributed by atoms with E-state index in [1.165, 1.54) is 11.3 Å². The minimum Gasteiger partial charge on any atom is -0.367 e. The fourth-order valence-electron chi connectivity index (χ4n) is 2.96. The maximum Gasteiger partial charge on any atom is 0.180 e. The largest absolute Gasteiger partial charge is 0.367 e. The molecule has 0 saturated heterocycles. The Morgan fingerprint density at radius 3 is 2.29 bits per heavy atom. The fraction of sp³-hybridized carbons (Fsp3) is 0.300. The van der Waals surface area contributed by atoms with Gasteiger partial charge in [-0.05, 0) is 43.5 Å². The summed E-state index contributed by atoms with van der Waals surface area (Å²) >= 11 is 0. The first-order valence-electron chi connectivity index (χ1n) is 8.32. The standard InChI is InChI=1S/C20H23NO2S/c1-16(2)24(22,23)19-12-10-18(11-13-19)20-9-6-14-21(20)15-17-7-4-3-5-8-17/h3-5,7-13,16H,6,14-15H2,1-2H3. The van der Waals surface area contributed by atoms with Crippen molar-refractivity contribution in [3.8, 4) is 0 Å². The number of nitrogens with zero attached hydrogens (tertiary/aromatic N) is 1. The summed E-state index contributed by atoms with van der Waals surface area (Å²) in [6, 6.07) is 17.7. The van der Waals surface area contributed by atoms with Gasteiger partial charge in [-0.25, -0.2) is 8.42 Å². The van der Waals surface area contributed by atoms with E-state index in [9.17, 15) is 8.42 Å². The first-order valence-corrected chi connectivity index (χ1v) is 9.86. The van der Waals surface area contributed by atoms with Gasteiger partial charge < -0.3 is 4.90 Å². The quantitative estimate of drug-likeness (QED) is 0.821. The second-order valence-corrected chi connectivity index (χ2v) is 8.91. The molecule has 0 fully saturated rings. The van der Waals surface area contributed by atoms with Crippen LogP contribution in [0.2, 0.25) is 0 Å². The maximum absolute atomic E-state index is 12.2. The Kier molecular flexibility index (Phi) is 4.76. The Labute approximate surface area is 144 Å². The first kappa shape index (κ1) is 16.8. The molecular weight excluding hydrogens is 318 g/mol. The summed E-state index contributed by atoms with van der Waals surface area (Å²) in [6.45, 7) is 5.30. The fourth-order valence-corrected chi connectivity index (χ4v) is 4.02. The Bertz CT molecular complexity index is 822. The summed E-state index contributed by atoms with van der Waals surface area (Å²) in [5, 5.41) is -0.399. The van der Waals surface area contributed by atoms with Gasteiger partial charge in [0.1, 0.15) is 0 Å². The molecule has 0 amide bonds. The molecule has 0 N–H and O–H groups in total. The zero-order valence-corrected chi connectivity index (χ0v) is 15.0. The lowest BCUT2D eigenvalue weighted by Gasteiger charge is -2.23. The normalized spacial score (nSPS) is 15.0. The Morgan fingerprint density at radius 1 is 1.00 bits per heavy atom. The van der Waals surface area contributed by atoms with E-state index >= 15 is 0 Å². The number of sulfone groups is 1. The van der Waals surface area contributed by atoms with Crippen molar-refractivity contribution in [2.75, 3.05) is 6.54 Å². The van der Waals surface area contributed by atoms with Crippen molar-refractivity contribution in [1.82, 2.24) is 4.90 Å². The van der Waals surface area contributed by atoms with Crippen LogP contribution in [0.4, 0.5) is 0 Å². The topological polar surface area (TPSA) is 37.4 Å². The monoisotopic (exact) mass is 341 g/mol. The molecule has 0 bridgehead atoms. The summed E-state index contributed by atoms with van der Waals surface area (Å²) < 4.78 is 24.5. The van der Waals surface area contributed by atoms with Gasteiger partial charge >= 0.3 is 0 Å². The summed E-state index contributed by atoms with van der Waals surface area (Å²) in [6.07, 6.45) is 3.25. The summed E-state index contributed by atoms with van der Waals surface area (Å²) in [5.74, 6) is 0. The second kappa shape index (κ2) is 6.81. The van der Waals surface area contributed by atoms with E-state index in [1.54, 1.807) is 26.0 Å². The maximum atomic E-state index is 12.2. The summed E-state index contributed by atoms with van der Waals surface area (Å²) in [5.41, 5.74) is 3.54. The van der Waals surface area contributed by atoms with Crippen LogP contribution in [0.3, 0.4) is 0 Å². The molecule has 2 aromatic carbocycles. The zero-order valence-electron chi connectivity index (χ0n) is 14.1. The first-order chi connectivity index (χ1) is 11.5. The molecule has 2 aromatic rings. The van der Waals surface area contributed by atoms with E-state index in [0.29, 0.717) is 4.90 Å². The van der Waals surface area contributed by atoms with Crippen molar-refractivity contribution in [3.05, 3.63) is 71.8 Å². The number of hydrogen-bond donors (Lipinski definition) is 0. The third kappa shape index (κ3) is 3.39. The van der Waals surface area contributed by atoms with Gasteiger partial charge in [0.15, 0.2) is 9.84 Å². The average Bonchev–Trinajstić information content (AvgIpc) is 3.04. The molecule has 0 atom stereocenters. The van der Waals surface area contributed by atoms with Crippen molar-refractivity contribution < 1.29 is 8.42 Å². The van der Waals surface area contributed by atoms with E-state index in [2.05, 4.69) is 35.2 Å². The second-order valence-electron chi connectivity index (χ2n) is 6.40. The van der Waals surface area contributed by atoms with Crippen molar-refractivity contribution in [2.45, 2.75) is 37.0 Å². The van der Waals surface area contributed by atoms with E-state index in [-0.39, 0.29) is 0 Å². The third-order valence-electron chi connectivity index (χ3n) is 4.39. The van der Waals surface area contributed by atoms with Gasteiger partial charge in [0.25, 0.3) is 0 Å². The van der Waals surface area contributed by atoms with Crippen molar-refractivity contribution in [2.24, 2.45) is 0 Å². The average molecular weight is 341 g/mol. The highest BCUT2D eigenvalue weighted by Crippen LogP contribution is 2.28. The minimum atomic E-state index is -3.21. The highest BCUT2D eigenvalue weighted by atomic mass is 32.2. The number of hydrogen-bond acceptors (Lipinski definition) is 3. The van der Waals surface area contributed by atoms with Crippen LogP contribution in [0, 0.1) is 0 Å². The van der Waals surface area contributed by atoms with Crippen LogP contribution < -0.4 is 0 Å². The predicted molar refractivity (Wildman–Crippen MR) is 98.2 cm³/mol. The van der Waals surface area contributed by atoms with Gasteiger partial charge in [0.2, 0.25) is 0 Å². The van der Waals surface area contributed by atoms with Gasteiger partial charge in [-0.15, -0.1) is 0 Å². The predicted octanol–water partition coefficient (Wildman–Crippen LogP) is 4.12. The van der Waals surface area contributed by atoms with Crippen LogP contribution in [-0.4, -0.2) is 25.1 Å². The summed E-state index contributed by atoms with van der Waals surface area (Å²) in [7, 11) is -3.21. The molecule has 0 aromatic heterocycles. The van der Waals surface area contributed by atoms with Crippen LogP contribution >= 0.6 is 0 Å². The van der Waals surface area contributed by atoms with Crippen LogP contribution in [0.5, 0.6) is 0 Å². The van der Waals surface area contributed by atoms with Crippen LogP contribution in [-0.2, 0) is 16.4 Å². The van der Waals surface area contributed by atoms with Crippen LogP contribution in [0.1, 0.15) is 31.4 Å². The molecule has 1 heterocycles. The molecule has 3 nitrogen and oxygen atoms in total. The molecule has 1 aliphatic rings. The van der Waals surface area contributed by atoms with Gasteiger partial charge in [-0.3, -0.25) is 0 Å². The zero-order chi connectivity index (χ0) is 17.2.